The second kappa shape index (κ2) is 8.77. The monoisotopic (exact) mass is 488 g/mol. The summed E-state index contributed by atoms with van der Waals surface area (Å²) in [7, 11) is 0. The van der Waals surface area contributed by atoms with E-state index in [1.807, 2.05) is 54.6 Å². The smallest absolute Gasteiger partial charge is 0.137 e. The van der Waals surface area contributed by atoms with E-state index in [0.717, 1.165) is 61.2 Å². The Morgan fingerprint density at radius 3 is 2.32 bits per heavy atom. The van der Waals surface area contributed by atoms with E-state index in [-0.39, 0.29) is 0 Å². The van der Waals surface area contributed by atoms with Crippen molar-refractivity contribution in [2.24, 2.45) is 4.99 Å². The predicted molar refractivity (Wildman–Crippen MR) is 160 cm³/mol. The molecule has 0 fully saturated rings. The largest absolute Gasteiger partial charge is 0.456 e. The fourth-order valence-electron chi connectivity index (χ4n) is 5.45. The lowest BCUT2D eigenvalue weighted by Gasteiger charge is -2.15. The molecule has 0 saturated carbocycles. The first-order chi connectivity index (χ1) is 18.7. The summed E-state index contributed by atoms with van der Waals surface area (Å²) in [6.45, 7) is 6.02. The number of benzene rings is 4. The van der Waals surface area contributed by atoms with Gasteiger partial charge in [-0.1, -0.05) is 85.5 Å². The minimum atomic E-state index is 0.834. The highest BCUT2D eigenvalue weighted by Gasteiger charge is 2.18. The van der Waals surface area contributed by atoms with E-state index in [4.69, 9.17) is 9.41 Å². The summed E-state index contributed by atoms with van der Waals surface area (Å²) >= 11 is 0. The van der Waals surface area contributed by atoms with Gasteiger partial charge in [0.1, 0.15) is 11.2 Å². The zero-order valence-corrected chi connectivity index (χ0v) is 21.0. The Balaban J connectivity index is 1.59. The number of aliphatic imine (C=N–C) groups is 1. The Kier molecular flexibility index (Phi) is 5.11. The van der Waals surface area contributed by atoms with Gasteiger partial charge in [-0.2, -0.15) is 0 Å². The van der Waals surface area contributed by atoms with Gasteiger partial charge in [0.25, 0.3) is 0 Å². The summed E-state index contributed by atoms with van der Waals surface area (Å²) in [4.78, 5) is 5.20. The molecule has 3 nitrogen and oxygen atoms in total. The number of para-hydroxylation sites is 2. The molecule has 4 aromatic carbocycles. The second-order valence-corrected chi connectivity index (χ2v) is 9.42. The summed E-state index contributed by atoms with van der Waals surface area (Å²) in [5, 5.41) is 4.64. The van der Waals surface area contributed by atoms with Gasteiger partial charge in [-0.25, -0.2) is 4.99 Å². The lowest BCUT2D eigenvalue weighted by molar-refractivity contribution is 0.669. The first kappa shape index (κ1) is 22.1. The SMILES string of the molecule is C=C=C1C=CC=CC1=N/C(=C(\C)n1c2ccccc2c2cc3c(cc21)oc1ccccc13)c1ccccc1. The van der Waals surface area contributed by atoms with Crippen LogP contribution in [0.5, 0.6) is 0 Å². The van der Waals surface area contributed by atoms with Gasteiger partial charge in [0, 0.05) is 44.4 Å². The van der Waals surface area contributed by atoms with E-state index >= 15 is 0 Å². The number of furan rings is 1. The van der Waals surface area contributed by atoms with Crippen LogP contribution in [0.2, 0.25) is 0 Å². The third kappa shape index (κ3) is 3.42. The zero-order chi connectivity index (χ0) is 25.6. The van der Waals surface area contributed by atoms with Crippen LogP contribution in [0.1, 0.15) is 12.5 Å². The number of allylic oxidation sites excluding steroid dienone is 6. The molecule has 0 saturated heterocycles. The number of aromatic nitrogens is 1. The molecule has 2 aromatic heterocycles. The molecule has 0 spiro atoms. The molecule has 1 aliphatic carbocycles. The topological polar surface area (TPSA) is 30.4 Å². The van der Waals surface area contributed by atoms with Gasteiger partial charge >= 0.3 is 0 Å². The molecule has 0 radical (unpaired) electrons. The third-order valence-corrected chi connectivity index (χ3v) is 7.22. The van der Waals surface area contributed by atoms with Gasteiger partial charge < -0.3 is 8.98 Å². The first-order valence-corrected chi connectivity index (χ1v) is 12.7. The van der Waals surface area contributed by atoms with E-state index in [0.29, 0.717) is 0 Å². The fourth-order valence-corrected chi connectivity index (χ4v) is 5.45. The maximum atomic E-state index is 6.29. The minimum absolute atomic E-state index is 0.834. The van der Waals surface area contributed by atoms with E-state index in [9.17, 15) is 0 Å². The molecule has 0 amide bonds. The third-order valence-electron chi connectivity index (χ3n) is 7.22. The zero-order valence-electron chi connectivity index (χ0n) is 21.0. The number of hydrogen-bond acceptors (Lipinski definition) is 2. The average Bonchev–Trinajstić information content (AvgIpc) is 3.50. The van der Waals surface area contributed by atoms with Gasteiger partial charge in [0.05, 0.1) is 22.4 Å². The van der Waals surface area contributed by atoms with Crippen LogP contribution in [0, 0.1) is 0 Å². The van der Waals surface area contributed by atoms with Gasteiger partial charge in [0.15, 0.2) is 0 Å². The highest BCUT2D eigenvalue weighted by molar-refractivity contribution is 6.19. The minimum Gasteiger partial charge on any atom is -0.456 e. The summed E-state index contributed by atoms with van der Waals surface area (Å²) in [5.41, 5.74) is 11.7. The number of rotatable bonds is 3. The van der Waals surface area contributed by atoms with Crippen molar-refractivity contribution >= 4 is 60.9 Å². The molecule has 2 heterocycles. The lowest BCUT2D eigenvalue weighted by atomic mass is 10.1. The van der Waals surface area contributed by atoms with Crippen LogP contribution in [0.4, 0.5) is 0 Å². The standard InChI is InChI=1S/C35H24N2O/c1-3-24-13-7-10-18-30(24)36-35(25-14-5-4-6-15-25)23(2)37-31-19-11-8-16-26(31)28-21-29-27-17-9-12-20-33(27)38-34(29)22-32(28)37/h4-22H,1H2,2H3/b35-23+,36-30?. The molecule has 1 aliphatic rings. The Hall–Kier alpha value is -5.11. The molecular weight excluding hydrogens is 464 g/mol. The van der Waals surface area contributed by atoms with Crippen molar-refractivity contribution in [1.29, 1.82) is 0 Å². The molecule has 38 heavy (non-hydrogen) atoms. The quantitative estimate of drug-likeness (QED) is 0.228. The fraction of sp³-hybridized carbons (Fsp3) is 0.0286. The average molecular weight is 489 g/mol. The first-order valence-electron chi connectivity index (χ1n) is 12.7. The van der Waals surface area contributed by atoms with Crippen molar-refractivity contribution in [3.63, 3.8) is 0 Å². The van der Waals surface area contributed by atoms with E-state index < -0.39 is 0 Å². The van der Waals surface area contributed by atoms with Crippen LogP contribution < -0.4 is 0 Å². The van der Waals surface area contributed by atoms with E-state index in [1.165, 1.54) is 10.8 Å². The number of fused-ring (bicyclic) bond motifs is 6. The molecule has 6 aromatic rings. The summed E-state index contributed by atoms with van der Waals surface area (Å²) in [6.07, 6.45) is 7.98. The highest BCUT2D eigenvalue weighted by Crippen LogP contribution is 2.39. The second-order valence-electron chi connectivity index (χ2n) is 9.42. The molecule has 3 heteroatoms. The molecule has 0 unspecified atom stereocenters. The normalized spacial score (nSPS) is 15.2. The highest BCUT2D eigenvalue weighted by atomic mass is 16.3. The maximum absolute atomic E-state index is 6.29. The number of hydrogen-bond donors (Lipinski definition) is 0. The predicted octanol–water partition coefficient (Wildman–Crippen LogP) is 9.32. The van der Waals surface area contributed by atoms with Crippen LogP contribution in [0.3, 0.4) is 0 Å². The summed E-state index contributed by atoms with van der Waals surface area (Å²) < 4.78 is 8.60. The van der Waals surface area contributed by atoms with Crippen molar-refractivity contribution in [3.05, 3.63) is 139 Å². The Morgan fingerprint density at radius 1 is 0.737 bits per heavy atom. The van der Waals surface area contributed by atoms with Gasteiger partial charge in [-0.05, 0) is 37.3 Å². The lowest BCUT2D eigenvalue weighted by Crippen LogP contribution is -2.03. The molecule has 0 atom stereocenters. The van der Waals surface area contributed by atoms with E-state index in [1.54, 1.807) is 0 Å². The molecule has 180 valence electrons. The van der Waals surface area contributed by atoms with Crippen molar-refractivity contribution in [1.82, 2.24) is 4.57 Å². The Bertz CT molecular complexity index is 2070. The molecule has 0 N–H and O–H groups in total. The van der Waals surface area contributed by atoms with Crippen LogP contribution in [-0.4, -0.2) is 10.3 Å². The van der Waals surface area contributed by atoms with Crippen molar-refractivity contribution in [2.75, 3.05) is 0 Å². The van der Waals surface area contributed by atoms with Crippen molar-refractivity contribution in [3.8, 4) is 0 Å². The van der Waals surface area contributed by atoms with Crippen molar-refractivity contribution in [2.45, 2.75) is 6.92 Å². The van der Waals surface area contributed by atoms with E-state index in [2.05, 4.69) is 84.5 Å². The molecular formula is C35H24N2O. The van der Waals surface area contributed by atoms with Crippen LogP contribution in [0.15, 0.2) is 143 Å². The van der Waals surface area contributed by atoms with Crippen LogP contribution in [-0.2, 0) is 0 Å². The van der Waals surface area contributed by atoms with Gasteiger partial charge in [-0.15, -0.1) is 5.73 Å². The molecule has 0 aliphatic heterocycles. The van der Waals surface area contributed by atoms with Crippen molar-refractivity contribution < 1.29 is 4.42 Å². The molecule has 0 bridgehead atoms. The van der Waals surface area contributed by atoms with Crippen LogP contribution >= 0.6 is 0 Å². The van der Waals surface area contributed by atoms with Crippen LogP contribution in [0.25, 0.3) is 55.1 Å². The van der Waals surface area contributed by atoms with Gasteiger partial charge in [0.2, 0.25) is 0 Å². The molecule has 7 rings (SSSR count). The summed E-state index contributed by atoms with van der Waals surface area (Å²) in [5.74, 6) is 0. The Labute approximate surface area is 220 Å². The Morgan fingerprint density at radius 2 is 1.47 bits per heavy atom. The van der Waals surface area contributed by atoms with Gasteiger partial charge in [-0.3, -0.25) is 0 Å². The number of nitrogens with zero attached hydrogens (tertiary/aromatic N) is 2. The maximum Gasteiger partial charge on any atom is 0.137 e. The summed E-state index contributed by atoms with van der Waals surface area (Å²) in [6, 6.07) is 31.5.